The molecule has 1 fully saturated rings. The molecule has 21 heavy (non-hydrogen) atoms. The van der Waals surface area contributed by atoms with Gasteiger partial charge in [0.05, 0.1) is 17.3 Å². The van der Waals surface area contributed by atoms with Gasteiger partial charge in [0.1, 0.15) is 5.69 Å². The zero-order valence-electron chi connectivity index (χ0n) is 11.1. The molecule has 2 heterocycles. The second kappa shape index (κ2) is 6.90. The second-order valence-electron chi connectivity index (χ2n) is 4.55. The van der Waals surface area contributed by atoms with Crippen LogP contribution in [0.4, 0.5) is 0 Å². The minimum absolute atomic E-state index is 0.0489. The second-order valence-corrected chi connectivity index (χ2v) is 8.07. The topological polar surface area (TPSA) is 105 Å². The van der Waals surface area contributed by atoms with E-state index < -0.39 is 15.7 Å². The first kappa shape index (κ1) is 15.8. The van der Waals surface area contributed by atoms with E-state index in [9.17, 15) is 18.0 Å². The molecule has 0 aromatic carbocycles. The summed E-state index contributed by atoms with van der Waals surface area (Å²) in [5, 5.41) is -0.0489. The molecular formula is C12H15N3O4S2. The van der Waals surface area contributed by atoms with Gasteiger partial charge < -0.3 is 0 Å². The number of thioether (sulfide) groups is 1. The van der Waals surface area contributed by atoms with Gasteiger partial charge in [0.2, 0.25) is 5.91 Å². The van der Waals surface area contributed by atoms with Crippen molar-refractivity contribution >= 4 is 33.4 Å². The van der Waals surface area contributed by atoms with E-state index in [0.717, 1.165) is 0 Å². The molecule has 114 valence electrons. The summed E-state index contributed by atoms with van der Waals surface area (Å²) in [6.07, 6.45) is 2.05. The van der Waals surface area contributed by atoms with Crippen LogP contribution in [0.3, 0.4) is 0 Å². The lowest BCUT2D eigenvalue weighted by Crippen LogP contribution is -2.43. The predicted octanol–water partition coefficient (Wildman–Crippen LogP) is -0.237. The molecule has 1 aliphatic rings. The molecule has 9 heteroatoms. The molecule has 0 spiro atoms. The van der Waals surface area contributed by atoms with Crippen molar-refractivity contribution < 1.29 is 18.0 Å². The van der Waals surface area contributed by atoms with Crippen LogP contribution in [-0.2, 0) is 14.6 Å². The number of carbonyl (C=O) groups is 2. The maximum Gasteiger partial charge on any atom is 0.288 e. The Kier molecular flexibility index (Phi) is 5.18. The van der Waals surface area contributed by atoms with Crippen LogP contribution >= 0.6 is 11.8 Å². The maximum absolute atomic E-state index is 11.6. The Hall–Kier alpha value is -1.61. The molecule has 1 atom stereocenters. The Morgan fingerprint density at radius 1 is 1.33 bits per heavy atom. The van der Waals surface area contributed by atoms with Gasteiger partial charge in [-0.3, -0.25) is 25.4 Å². The maximum atomic E-state index is 11.6. The first-order valence-corrected chi connectivity index (χ1v) is 9.15. The van der Waals surface area contributed by atoms with Crippen LogP contribution in [-0.4, -0.2) is 47.7 Å². The highest BCUT2D eigenvalue weighted by atomic mass is 32.2. The molecule has 0 radical (unpaired) electrons. The fourth-order valence-corrected chi connectivity index (χ4v) is 5.25. The normalized spacial score (nSPS) is 19.9. The number of hydrazine groups is 1. The van der Waals surface area contributed by atoms with Crippen molar-refractivity contribution in [2.45, 2.75) is 11.7 Å². The zero-order chi connectivity index (χ0) is 15.3. The number of aromatic nitrogens is 1. The molecule has 0 aliphatic carbocycles. The van der Waals surface area contributed by atoms with Crippen LogP contribution in [0.5, 0.6) is 0 Å². The van der Waals surface area contributed by atoms with E-state index in [4.69, 9.17) is 0 Å². The Morgan fingerprint density at radius 2 is 2.14 bits per heavy atom. The number of hydrogen-bond acceptors (Lipinski definition) is 6. The average Bonchev–Trinajstić information content (AvgIpc) is 2.83. The summed E-state index contributed by atoms with van der Waals surface area (Å²) in [4.78, 5) is 27.0. The molecule has 0 unspecified atom stereocenters. The van der Waals surface area contributed by atoms with E-state index in [2.05, 4.69) is 15.8 Å². The predicted molar refractivity (Wildman–Crippen MR) is 79.4 cm³/mol. The minimum Gasteiger partial charge on any atom is -0.272 e. The van der Waals surface area contributed by atoms with Gasteiger partial charge in [0, 0.05) is 11.4 Å². The number of carbonyl (C=O) groups excluding carboxylic acids is 2. The fraction of sp³-hybridized carbons (Fsp3) is 0.417. The molecule has 2 N–H and O–H groups in total. The van der Waals surface area contributed by atoms with Crippen LogP contribution in [0.1, 0.15) is 16.9 Å². The fourth-order valence-electron chi connectivity index (χ4n) is 1.81. The third-order valence-corrected chi connectivity index (χ3v) is 6.14. The Balaban J connectivity index is 1.70. The van der Waals surface area contributed by atoms with Crippen LogP contribution < -0.4 is 10.9 Å². The van der Waals surface area contributed by atoms with E-state index in [1.165, 1.54) is 24.0 Å². The number of rotatable bonds is 4. The molecule has 7 nitrogen and oxygen atoms in total. The van der Waals surface area contributed by atoms with Crippen LogP contribution in [0.15, 0.2) is 24.4 Å². The molecule has 1 aromatic rings. The summed E-state index contributed by atoms with van der Waals surface area (Å²) in [6.45, 7) is 0. The highest BCUT2D eigenvalue weighted by molar-refractivity contribution is 8.02. The molecule has 1 saturated heterocycles. The van der Waals surface area contributed by atoms with E-state index in [0.29, 0.717) is 6.42 Å². The van der Waals surface area contributed by atoms with Crippen LogP contribution in [0.25, 0.3) is 0 Å². The number of amides is 2. The largest absolute Gasteiger partial charge is 0.288 e. The molecule has 2 amide bonds. The first-order chi connectivity index (χ1) is 9.96. The quantitative estimate of drug-likeness (QED) is 0.739. The van der Waals surface area contributed by atoms with E-state index >= 15 is 0 Å². The molecule has 0 bridgehead atoms. The van der Waals surface area contributed by atoms with Crippen molar-refractivity contribution in [2.24, 2.45) is 0 Å². The Morgan fingerprint density at radius 3 is 2.76 bits per heavy atom. The number of sulfone groups is 1. The van der Waals surface area contributed by atoms with Gasteiger partial charge >= 0.3 is 0 Å². The Bertz CT molecular complexity index is 619. The summed E-state index contributed by atoms with van der Waals surface area (Å²) >= 11 is 1.28. The lowest BCUT2D eigenvalue weighted by Gasteiger charge is -2.09. The SMILES string of the molecule is O=C(CS[C@@H]1CCS(=O)(=O)C1)NNC(=O)c1ccccn1. The monoisotopic (exact) mass is 329 g/mol. The lowest BCUT2D eigenvalue weighted by molar-refractivity contribution is -0.119. The Labute approximate surface area is 126 Å². The minimum atomic E-state index is -2.94. The highest BCUT2D eigenvalue weighted by Gasteiger charge is 2.28. The average molecular weight is 329 g/mol. The molecule has 1 aliphatic heterocycles. The molecule has 0 saturated carbocycles. The van der Waals surface area contributed by atoms with Crippen LogP contribution in [0.2, 0.25) is 0 Å². The highest BCUT2D eigenvalue weighted by Crippen LogP contribution is 2.23. The van der Waals surface area contributed by atoms with Gasteiger partial charge in [-0.25, -0.2) is 8.42 Å². The van der Waals surface area contributed by atoms with E-state index in [1.807, 2.05) is 0 Å². The third kappa shape index (κ3) is 5.01. The van der Waals surface area contributed by atoms with E-state index in [-0.39, 0.29) is 34.1 Å². The number of pyridine rings is 1. The summed E-state index contributed by atoms with van der Waals surface area (Å²) in [6, 6.07) is 4.88. The standard InChI is InChI=1S/C12H15N3O4S2/c16-11(7-20-9-4-6-21(18,19)8-9)14-15-12(17)10-3-1-2-5-13-10/h1-3,5,9H,4,6-8H2,(H,14,16)(H,15,17)/t9-/m1/s1. The van der Waals surface area contributed by atoms with Crippen molar-refractivity contribution in [1.29, 1.82) is 0 Å². The lowest BCUT2D eigenvalue weighted by atomic mass is 10.3. The first-order valence-electron chi connectivity index (χ1n) is 6.28. The molecule has 1 aromatic heterocycles. The van der Waals surface area contributed by atoms with Crippen molar-refractivity contribution in [3.8, 4) is 0 Å². The number of nitrogens with one attached hydrogen (secondary N) is 2. The summed E-state index contributed by atoms with van der Waals surface area (Å²) < 4.78 is 22.6. The van der Waals surface area contributed by atoms with Gasteiger partial charge in [0.25, 0.3) is 5.91 Å². The third-order valence-electron chi connectivity index (χ3n) is 2.85. The number of nitrogens with zero attached hydrogens (tertiary/aromatic N) is 1. The van der Waals surface area contributed by atoms with Gasteiger partial charge in [0.15, 0.2) is 9.84 Å². The van der Waals surface area contributed by atoms with Gasteiger partial charge in [-0.2, -0.15) is 0 Å². The summed E-state index contributed by atoms with van der Waals surface area (Å²) in [5.74, 6) is -0.484. The van der Waals surface area contributed by atoms with Gasteiger partial charge in [-0.1, -0.05) is 6.07 Å². The van der Waals surface area contributed by atoms with Crippen molar-refractivity contribution in [3.05, 3.63) is 30.1 Å². The zero-order valence-corrected chi connectivity index (χ0v) is 12.7. The number of hydrogen-bond donors (Lipinski definition) is 2. The van der Waals surface area contributed by atoms with Crippen molar-refractivity contribution in [1.82, 2.24) is 15.8 Å². The van der Waals surface area contributed by atoms with Crippen molar-refractivity contribution in [3.63, 3.8) is 0 Å². The molecular weight excluding hydrogens is 314 g/mol. The van der Waals surface area contributed by atoms with Gasteiger partial charge in [-0.15, -0.1) is 11.8 Å². The molecule has 2 rings (SSSR count). The summed E-state index contributed by atoms with van der Waals surface area (Å²) in [5.41, 5.74) is 4.74. The van der Waals surface area contributed by atoms with E-state index in [1.54, 1.807) is 12.1 Å². The smallest absolute Gasteiger partial charge is 0.272 e. The summed E-state index contributed by atoms with van der Waals surface area (Å²) in [7, 11) is -2.94. The van der Waals surface area contributed by atoms with Gasteiger partial charge in [-0.05, 0) is 18.6 Å². The van der Waals surface area contributed by atoms with Crippen LogP contribution in [0, 0.1) is 0 Å². The van der Waals surface area contributed by atoms with Crippen molar-refractivity contribution in [2.75, 3.05) is 17.3 Å².